The fraction of sp³-hybridized carbons (Fsp3) is 0.467. The Hall–Kier alpha value is -1.68. The highest BCUT2D eigenvalue weighted by Gasteiger charge is 2.24. The molecule has 0 radical (unpaired) electrons. The van der Waals surface area contributed by atoms with Crippen LogP contribution in [0.25, 0.3) is 0 Å². The van der Waals surface area contributed by atoms with Gasteiger partial charge in [-0.25, -0.2) is 4.98 Å². The maximum absolute atomic E-state index is 4.33. The second-order valence-electron chi connectivity index (χ2n) is 5.20. The Bertz CT molecular complexity index is 480. The number of nitrogens with one attached hydrogen (secondary N) is 1. The van der Waals surface area contributed by atoms with Crippen molar-refractivity contribution in [3.05, 3.63) is 48.3 Å². The van der Waals surface area contributed by atoms with Gasteiger partial charge in [-0.15, -0.1) is 0 Å². The van der Waals surface area contributed by atoms with E-state index in [1.165, 1.54) is 31.4 Å². The molecule has 1 aliphatic rings. The van der Waals surface area contributed by atoms with Gasteiger partial charge in [-0.3, -0.25) is 9.88 Å². The smallest absolute Gasteiger partial charge is 0.120 e. The molecule has 1 fully saturated rings. The molecular formula is C15H20N4. The van der Waals surface area contributed by atoms with Crippen molar-refractivity contribution in [3.8, 4) is 0 Å². The van der Waals surface area contributed by atoms with Crippen LogP contribution in [-0.4, -0.2) is 32.4 Å². The van der Waals surface area contributed by atoms with E-state index in [1.54, 1.807) is 0 Å². The van der Waals surface area contributed by atoms with Gasteiger partial charge >= 0.3 is 0 Å². The lowest BCUT2D eigenvalue weighted by Crippen LogP contribution is -2.29. The number of nitrogens with zero attached hydrogens (tertiary/aromatic N) is 3. The number of H-pyrrole nitrogens is 1. The third-order valence-electron chi connectivity index (χ3n) is 3.92. The monoisotopic (exact) mass is 256 g/mol. The lowest BCUT2D eigenvalue weighted by molar-refractivity contribution is 0.230. The SMILES string of the molecule is c1cc(CC[C@H]2CCCN2Cc2ncc[nH]2)ccn1. The van der Waals surface area contributed by atoms with E-state index in [4.69, 9.17) is 0 Å². The summed E-state index contributed by atoms with van der Waals surface area (Å²) in [6.07, 6.45) is 12.5. The minimum atomic E-state index is 0.693. The first-order valence-electron chi connectivity index (χ1n) is 7.03. The summed E-state index contributed by atoms with van der Waals surface area (Å²) >= 11 is 0. The molecule has 4 nitrogen and oxygen atoms in total. The van der Waals surface area contributed by atoms with Crippen molar-refractivity contribution in [1.82, 2.24) is 19.9 Å². The third-order valence-corrected chi connectivity index (χ3v) is 3.92. The summed E-state index contributed by atoms with van der Waals surface area (Å²) in [5.41, 5.74) is 1.39. The Morgan fingerprint density at radius 1 is 1.26 bits per heavy atom. The van der Waals surface area contributed by atoms with Crippen LogP contribution in [0.5, 0.6) is 0 Å². The van der Waals surface area contributed by atoms with Gasteiger partial charge in [0.05, 0.1) is 6.54 Å². The topological polar surface area (TPSA) is 44.8 Å². The van der Waals surface area contributed by atoms with Crippen molar-refractivity contribution in [2.24, 2.45) is 0 Å². The Labute approximate surface area is 113 Å². The predicted octanol–water partition coefficient (Wildman–Crippen LogP) is 2.40. The molecule has 0 unspecified atom stereocenters. The number of pyridine rings is 1. The normalized spacial score (nSPS) is 19.9. The van der Waals surface area contributed by atoms with E-state index in [2.05, 4.69) is 32.0 Å². The van der Waals surface area contributed by atoms with E-state index in [1.807, 2.05) is 24.8 Å². The van der Waals surface area contributed by atoms with Crippen molar-refractivity contribution >= 4 is 0 Å². The molecule has 1 aliphatic heterocycles. The standard InChI is InChI=1S/C15H20N4/c1-2-14(4-3-13-5-7-16-8-6-13)19(11-1)12-15-17-9-10-18-15/h5-10,14H,1-4,11-12H2,(H,17,18)/t14-/m1/s1. The highest BCUT2D eigenvalue weighted by molar-refractivity contribution is 5.10. The summed E-state index contributed by atoms with van der Waals surface area (Å²) in [6, 6.07) is 4.93. The fourth-order valence-corrected chi connectivity index (χ4v) is 2.89. The summed E-state index contributed by atoms with van der Waals surface area (Å²) in [6.45, 7) is 2.15. The first kappa shape index (κ1) is 12.4. The van der Waals surface area contributed by atoms with E-state index >= 15 is 0 Å². The van der Waals surface area contributed by atoms with E-state index in [0.29, 0.717) is 6.04 Å². The van der Waals surface area contributed by atoms with Crippen LogP contribution in [0, 0.1) is 0 Å². The Kier molecular flexibility index (Phi) is 3.89. The number of hydrogen-bond acceptors (Lipinski definition) is 3. The second-order valence-corrected chi connectivity index (χ2v) is 5.20. The molecule has 0 amide bonds. The van der Waals surface area contributed by atoms with E-state index < -0.39 is 0 Å². The largest absolute Gasteiger partial charge is 0.348 e. The molecule has 0 saturated carbocycles. The quantitative estimate of drug-likeness (QED) is 0.893. The summed E-state index contributed by atoms with van der Waals surface area (Å²) in [4.78, 5) is 14.1. The summed E-state index contributed by atoms with van der Waals surface area (Å²) in [5, 5.41) is 0. The number of rotatable bonds is 5. The van der Waals surface area contributed by atoms with Crippen LogP contribution in [-0.2, 0) is 13.0 Å². The molecule has 2 aromatic heterocycles. The van der Waals surface area contributed by atoms with Crippen molar-refractivity contribution in [2.75, 3.05) is 6.54 Å². The second kappa shape index (κ2) is 5.97. The molecule has 3 heterocycles. The van der Waals surface area contributed by atoms with E-state index in [-0.39, 0.29) is 0 Å². The van der Waals surface area contributed by atoms with Crippen molar-refractivity contribution in [1.29, 1.82) is 0 Å². The van der Waals surface area contributed by atoms with Gasteiger partial charge in [0.2, 0.25) is 0 Å². The molecule has 1 saturated heterocycles. The lowest BCUT2D eigenvalue weighted by Gasteiger charge is -2.23. The van der Waals surface area contributed by atoms with Gasteiger partial charge in [-0.2, -0.15) is 0 Å². The molecule has 4 heteroatoms. The van der Waals surface area contributed by atoms with E-state index in [0.717, 1.165) is 18.8 Å². The molecule has 0 spiro atoms. The van der Waals surface area contributed by atoms with Crippen molar-refractivity contribution in [3.63, 3.8) is 0 Å². The van der Waals surface area contributed by atoms with Crippen LogP contribution >= 0.6 is 0 Å². The number of imidazole rings is 1. The summed E-state index contributed by atoms with van der Waals surface area (Å²) in [7, 11) is 0. The van der Waals surface area contributed by atoms with Gasteiger partial charge in [0.1, 0.15) is 5.82 Å². The summed E-state index contributed by atoms with van der Waals surface area (Å²) < 4.78 is 0. The van der Waals surface area contributed by atoms with Crippen LogP contribution in [0.3, 0.4) is 0 Å². The maximum Gasteiger partial charge on any atom is 0.120 e. The average molecular weight is 256 g/mol. The zero-order valence-electron chi connectivity index (χ0n) is 11.1. The van der Waals surface area contributed by atoms with Gasteiger partial charge in [0, 0.05) is 30.8 Å². The average Bonchev–Trinajstić information content (AvgIpc) is 3.10. The zero-order chi connectivity index (χ0) is 12.9. The number of hydrogen-bond donors (Lipinski definition) is 1. The van der Waals surface area contributed by atoms with Crippen LogP contribution in [0.2, 0.25) is 0 Å². The zero-order valence-corrected chi connectivity index (χ0v) is 11.1. The fourth-order valence-electron chi connectivity index (χ4n) is 2.89. The van der Waals surface area contributed by atoms with Crippen LogP contribution in [0.15, 0.2) is 36.9 Å². The van der Waals surface area contributed by atoms with Crippen molar-refractivity contribution < 1.29 is 0 Å². The molecular weight excluding hydrogens is 236 g/mol. The molecule has 19 heavy (non-hydrogen) atoms. The lowest BCUT2D eigenvalue weighted by atomic mass is 10.0. The van der Waals surface area contributed by atoms with Gasteiger partial charge in [0.25, 0.3) is 0 Å². The Morgan fingerprint density at radius 2 is 2.16 bits per heavy atom. The minimum absolute atomic E-state index is 0.693. The number of aryl methyl sites for hydroxylation is 1. The first-order valence-corrected chi connectivity index (χ1v) is 7.03. The molecule has 3 rings (SSSR count). The highest BCUT2D eigenvalue weighted by Crippen LogP contribution is 2.23. The number of aromatic amines is 1. The molecule has 0 bridgehead atoms. The predicted molar refractivity (Wildman–Crippen MR) is 74.6 cm³/mol. The Morgan fingerprint density at radius 3 is 2.95 bits per heavy atom. The van der Waals surface area contributed by atoms with Crippen molar-refractivity contribution in [2.45, 2.75) is 38.3 Å². The molecule has 100 valence electrons. The van der Waals surface area contributed by atoms with Crippen LogP contribution in [0.1, 0.15) is 30.7 Å². The maximum atomic E-state index is 4.33. The van der Waals surface area contributed by atoms with Crippen LogP contribution in [0.4, 0.5) is 0 Å². The first-order chi connectivity index (χ1) is 9.42. The number of aromatic nitrogens is 3. The van der Waals surface area contributed by atoms with Gasteiger partial charge in [-0.05, 0) is 49.9 Å². The third kappa shape index (κ3) is 3.20. The van der Waals surface area contributed by atoms with Gasteiger partial charge in [-0.1, -0.05) is 0 Å². The minimum Gasteiger partial charge on any atom is -0.348 e. The van der Waals surface area contributed by atoms with Gasteiger partial charge < -0.3 is 4.98 Å². The Balaban J connectivity index is 1.55. The molecule has 1 N–H and O–H groups in total. The van der Waals surface area contributed by atoms with E-state index in [9.17, 15) is 0 Å². The molecule has 0 aromatic carbocycles. The molecule has 2 aromatic rings. The molecule has 0 aliphatic carbocycles. The molecule has 1 atom stereocenters. The van der Waals surface area contributed by atoms with Crippen LogP contribution < -0.4 is 0 Å². The number of likely N-dealkylation sites (tertiary alicyclic amines) is 1. The van der Waals surface area contributed by atoms with Gasteiger partial charge in [0.15, 0.2) is 0 Å². The summed E-state index contributed by atoms with van der Waals surface area (Å²) in [5.74, 6) is 1.08. The highest BCUT2D eigenvalue weighted by atomic mass is 15.2.